The zero-order valence-electron chi connectivity index (χ0n) is 28.5. The highest BCUT2D eigenvalue weighted by molar-refractivity contribution is 7.85. The molecule has 41 heavy (non-hydrogen) atoms. The lowest BCUT2D eigenvalue weighted by atomic mass is 9.88. The molecule has 6 nitrogen and oxygen atoms in total. The average Bonchev–Trinajstić information content (AvgIpc) is 3.28. The Balaban J connectivity index is 1.88. The SMILES string of the molecule is CCCC[C@H](C)C[C@@H](C=C[C@H]1[C@H]2CC3(COS(C)(=O)=O)OC3[C@H]2C[C@H]1O[Si](C)(C)C(C)(C)C)O[Si](C)(C)C(C)(C)C. The van der Waals surface area contributed by atoms with Gasteiger partial charge in [-0.05, 0) is 73.3 Å². The van der Waals surface area contributed by atoms with Crippen molar-refractivity contribution in [3.8, 4) is 0 Å². The van der Waals surface area contributed by atoms with Gasteiger partial charge in [0.2, 0.25) is 0 Å². The van der Waals surface area contributed by atoms with Crippen molar-refractivity contribution >= 4 is 26.8 Å². The van der Waals surface area contributed by atoms with Crippen molar-refractivity contribution in [3.63, 3.8) is 0 Å². The highest BCUT2D eigenvalue weighted by Crippen LogP contribution is 2.64. The molecule has 0 radical (unpaired) electrons. The summed E-state index contributed by atoms with van der Waals surface area (Å²) in [5, 5.41) is 0.277. The molecule has 0 aromatic heterocycles. The molecule has 9 heteroatoms. The van der Waals surface area contributed by atoms with E-state index in [0.29, 0.717) is 17.8 Å². The van der Waals surface area contributed by atoms with Crippen molar-refractivity contribution in [3.05, 3.63) is 12.2 Å². The van der Waals surface area contributed by atoms with Gasteiger partial charge in [0.15, 0.2) is 16.6 Å². The molecule has 0 aromatic rings. The van der Waals surface area contributed by atoms with Gasteiger partial charge >= 0.3 is 0 Å². The van der Waals surface area contributed by atoms with Crippen molar-refractivity contribution in [1.82, 2.24) is 0 Å². The number of rotatable bonds is 14. The van der Waals surface area contributed by atoms with Crippen molar-refractivity contribution in [2.45, 2.75) is 154 Å². The van der Waals surface area contributed by atoms with Crippen LogP contribution in [0.1, 0.15) is 93.9 Å². The second-order valence-corrected chi connectivity index (χ2v) is 27.8. The molecule has 2 saturated carbocycles. The van der Waals surface area contributed by atoms with Crippen LogP contribution in [0.5, 0.6) is 0 Å². The Morgan fingerprint density at radius 2 is 1.63 bits per heavy atom. The molecule has 240 valence electrons. The zero-order valence-corrected chi connectivity index (χ0v) is 31.3. The van der Waals surface area contributed by atoms with E-state index in [1.807, 2.05) is 0 Å². The van der Waals surface area contributed by atoms with Crippen LogP contribution in [0, 0.1) is 23.7 Å². The Morgan fingerprint density at radius 1 is 1.02 bits per heavy atom. The smallest absolute Gasteiger partial charge is 0.264 e. The van der Waals surface area contributed by atoms with E-state index in [9.17, 15) is 8.42 Å². The molecule has 3 rings (SSSR count). The number of ether oxygens (including phenoxy) is 1. The number of fused-ring (bicyclic) bond motifs is 3. The third-order valence-corrected chi connectivity index (χ3v) is 20.6. The predicted molar refractivity (Wildman–Crippen MR) is 175 cm³/mol. The molecule has 3 fully saturated rings. The molecular formula is C32H62O6SSi2. The molecule has 0 spiro atoms. The summed E-state index contributed by atoms with van der Waals surface area (Å²) in [5.41, 5.74) is -0.460. The fourth-order valence-corrected chi connectivity index (χ4v) is 9.49. The van der Waals surface area contributed by atoms with Gasteiger partial charge in [-0.1, -0.05) is 86.8 Å². The van der Waals surface area contributed by atoms with Crippen molar-refractivity contribution in [2.75, 3.05) is 12.9 Å². The van der Waals surface area contributed by atoms with Crippen LogP contribution in [0.25, 0.3) is 0 Å². The number of unbranched alkanes of at least 4 members (excludes halogenated alkanes) is 1. The lowest BCUT2D eigenvalue weighted by molar-refractivity contribution is 0.118. The first-order chi connectivity index (χ1) is 18.5. The normalized spacial score (nSPS) is 32.3. The summed E-state index contributed by atoms with van der Waals surface area (Å²) in [4.78, 5) is 0. The lowest BCUT2D eigenvalue weighted by Crippen LogP contribution is -2.45. The fraction of sp³-hybridized carbons (Fsp3) is 0.938. The second kappa shape index (κ2) is 12.4. The fourth-order valence-electron chi connectivity index (χ4n) is 6.43. The van der Waals surface area contributed by atoms with E-state index in [2.05, 4.69) is 93.7 Å². The first-order valence-corrected chi connectivity index (χ1v) is 23.7. The average molecular weight is 631 g/mol. The summed E-state index contributed by atoms with van der Waals surface area (Å²) in [6.07, 6.45) is 12.8. The van der Waals surface area contributed by atoms with Gasteiger partial charge in [-0.2, -0.15) is 8.42 Å². The van der Waals surface area contributed by atoms with E-state index in [0.717, 1.165) is 25.5 Å². The quantitative estimate of drug-likeness (QED) is 0.0832. The minimum absolute atomic E-state index is 0.0616. The first kappa shape index (κ1) is 35.4. The van der Waals surface area contributed by atoms with Gasteiger partial charge < -0.3 is 13.6 Å². The van der Waals surface area contributed by atoms with Crippen LogP contribution in [-0.4, -0.2) is 61.8 Å². The maximum absolute atomic E-state index is 11.8. The predicted octanol–water partition coefficient (Wildman–Crippen LogP) is 8.31. The Bertz CT molecular complexity index is 1030. The van der Waals surface area contributed by atoms with E-state index < -0.39 is 32.4 Å². The third kappa shape index (κ3) is 8.57. The van der Waals surface area contributed by atoms with Crippen LogP contribution < -0.4 is 0 Å². The molecule has 3 aliphatic rings. The molecule has 8 atom stereocenters. The standard InChI is InChI=1S/C32H62O6SSi2/c1-14-15-16-23(2)19-24(37-40(10,11)30(3,4)5)17-18-25-27-21-32(22-35-39(9,33)34)29(36-32)26(27)20-28(25)38-41(12,13)31(6,7)8/h17-18,23-29H,14-16,19-22H2,1-13H3/t23-,24+,25-,26-,27+,28+,29?,32?/m0/s1. The van der Waals surface area contributed by atoms with Crippen LogP contribution >= 0.6 is 0 Å². The van der Waals surface area contributed by atoms with Crippen LogP contribution in [0.3, 0.4) is 0 Å². The highest BCUT2D eigenvalue weighted by Gasteiger charge is 2.71. The van der Waals surface area contributed by atoms with Crippen LogP contribution in [-0.2, 0) is 27.9 Å². The van der Waals surface area contributed by atoms with Crippen LogP contribution in [0.15, 0.2) is 12.2 Å². The summed E-state index contributed by atoms with van der Waals surface area (Å²) in [5.74, 6) is 1.63. The van der Waals surface area contributed by atoms with E-state index >= 15 is 0 Å². The Labute approximate surface area is 255 Å². The van der Waals surface area contributed by atoms with Crippen molar-refractivity contribution in [1.29, 1.82) is 0 Å². The Morgan fingerprint density at radius 3 is 2.17 bits per heavy atom. The highest BCUT2D eigenvalue weighted by atomic mass is 32.2. The van der Waals surface area contributed by atoms with Crippen LogP contribution in [0.4, 0.5) is 0 Å². The molecule has 2 aliphatic carbocycles. The number of hydrogen-bond acceptors (Lipinski definition) is 6. The second-order valence-electron chi connectivity index (χ2n) is 16.6. The largest absolute Gasteiger partial charge is 0.413 e. The summed E-state index contributed by atoms with van der Waals surface area (Å²) in [7, 11) is -7.46. The summed E-state index contributed by atoms with van der Waals surface area (Å²) < 4.78 is 49.1. The topological polar surface area (TPSA) is 74.4 Å². The molecule has 0 amide bonds. The molecule has 1 saturated heterocycles. The minimum atomic E-state index is -3.51. The van der Waals surface area contributed by atoms with Gasteiger partial charge in [0.1, 0.15) is 5.60 Å². The molecule has 1 heterocycles. The number of epoxide rings is 1. The Hall–Kier alpha value is -0.0362. The lowest BCUT2D eigenvalue weighted by Gasteiger charge is -2.40. The van der Waals surface area contributed by atoms with Crippen LogP contribution in [0.2, 0.25) is 36.3 Å². The Kier molecular flexibility index (Phi) is 10.7. The van der Waals surface area contributed by atoms with Gasteiger partial charge in [-0.15, -0.1) is 0 Å². The van der Waals surface area contributed by atoms with Gasteiger partial charge in [0, 0.05) is 5.92 Å². The van der Waals surface area contributed by atoms with Crippen molar-refractivity contribution in [2.24, 2.45) is 23.7 Å². The van der Waals surface area contributed by atoms with Gasteiger partial charge in [0.25, 0.3) is 10.1 Å². The molecule has 0 aromatic carbocycles. The summed E-state index contributed by atoms with van der Waals surface area (Å²) in [6, 6.07) is 0. The van der Waals surface area contributed by atoms with Gasteiger partial charge in [-0.25, -0.2) is 0 Å². The third-order valence-electron chi connectivity index (χ3n) is 11.0. The molecule has 0 N–H and O–H groups in total. The van der Waals surface area contributed by atoms with Gasteiger partial charge in [0.05, 0.1) is 31.2 Å². The summed E-state index contributed by atoms with van der Waals surface area (Å²) in [6.45, 7) is 28.0. The molecular weight excluding hydrogens is 569 g/mol. The van der Waals surface area contributed by atoms with E-state index in [1.165, 1.54) is 19.3 Å². The summed E-state index contributed by atoms with van der Waals surface area (Å²) >= 11 is 0. The maximum Gasteiger partial charge on any atom is 0.264 e. The minimum Gasteiger partial charge on any atom is -0.413 e. The van der Waals surface area contributed by atoms with E-state index in [4.69, 9.17) is 17.8 Å². The molecule has 1 aliphatic heterocycles. The maximum atomic E-state index is 11.8. The first-order valence-electron chi connectivity index (χ1n) is 16.1. The monoisotopic (exact) mass is 630 g/mol. The van der Waals surface area contributed by atoms with Gasteiger partial charge in [-0.3, -0.25) is 4.18 Å². The van der Waals surface area contributed by atoms with Crippen molar-refractivity contribution < 1.29 is 26.2 Å². The molecule has 2 unspecified atom stereocenters. The number of hydrogen-bond donors (Lipinski definition) is 0. The molecule has 0 bridgehead atoms. The zero-order chi connectivity index (χ0) is 31.2. The van der Waals surface area contributed by atoms with E-state index in [-0.39, 0.29) is 40.9 Å². The van der Waals surface area contributed by atoms with E-state index in [1.54, 1.807) is 0 Å².